The Morgan fingerprint density at radius 3 is 1.38 bits per heavy atom. The van der Waals surface area contributed by atoms with Gasteiger partial charge in [-0.25, -0.2) is 0 Å². The Morgan fingerprint density at radius 1 is 0.250 bits per heavy atom. The summed E-state index contributed by atoms with van der Waals surface area (Å²) in [5.74, 6) is 0. The van der Waals surface area contributed by atoms with Crippen LogP contribution in [-0.2, 0) is 5.41 Å². The SMILES string of the molecule is c1ccc(-c2ccccc2-c2ccccc2-c2ccccc2N(c2cccc3c2-c2ccccc2C32c3ccccc3-c3ccccc32)c2cc3ccccc3c3ccccc23)cc1. The van der Waals surface area contributed by atoms with E-state index in [0.29, 0.717) is 0 Å². The van der Waals surface area contributed by atoms with Crippen LogP contribution >= 0.6 is 0 Å². The van der Waals surface area contributed by atoms with E-state index in [1.165, 1.54) is 93.9 Å². The van der Waals surface area contributed by atoms with Gasteiger partial charge in [-0.2, -0.15) is 0 Å². The van der Waals surface area contributed by atoms with E-state index in [9.17, 15) is 0 Å². The Hall–Kier alpha value is -8.26. The Labute approximate surface area is 373 Å². The predicted octanol–water partition coefficient (Wildman–Crippen LogP) is 16.8. The molecular weight excluding hydrogens is 771 g/mol. The number of benzene rings is 11. The fraction of sp³-hybridized carbons (Fsp3) is 0.0159. The second-order valence-corrected chi connectivity index (χ2v) is 17.1. The first-order valence-corrected chi connectivity index (χ1v) is 22.3. The Kier molecular flexibility index (Phi) is 8.20. The van der Waals surface area contributed by atoms with Gasteiger partial charge in [0.2, 0.25) is 0 Å². The van der Waals surface area contributed by atoms with Gasteiger partial charge in [-0.15, -0.1) is 0 Å². The summed E-state index contributed by atoms with van der Waals surface area (Å²) in [5, 5.41) is 4.89. The van der Waals surface area contributed by atoms with Crippen molar-refractivity contribution in [3.05, 3.63) is 271 Å². The molecule has 1 spiro atoms. The molecule has 298 valence electrons. The summed E-state index contributed by atoms with van der Waals surface area (Å²) in [5.41, 5.74) is 20.6. The minimum atomic E-state index is -0.473. The third-order valence-electron chi connectivity index (χ3n) is 13.9. The fourth-order valence-corrected chi connectivity index (χ4v) is 11.4. The van der Waals surface area contributed by atoms with Crippen LogP contribution in [0.1, 0.15) is 22.3 Å². The second kappa shape index (κ2) is 14.4. The topological polar surface area (TPSA) is 3.24 Å². The van der Waals surface area contributed by atoms with Crippen LogP contribution in [0.25, 0.3) is 77.2 Å². The Morgan fingerprint density at radius 2 is 0.688 bits per heavy atom. The molecule has 0 radical (unpaired) electrons. The molecule has 0 heterocycles. The summed E-state index contributed by atoms with van der Waals surface area (Å²) in [7, 11) is 0. The molecule has 0 saturated heterocycles. The number of nitrogens with zero attached hydrogens (tertiary/aromatic N) is 1. The molecule has 11 aromatic rings. The summed E-state index contributed by atoms with van der Waals surface area (Å²) in [6.07, 6.45) is 0. The van der Waals surface area contributed by atoms with E-state index in [2.05, 4.69) is 254 Å². The van der Waals surface area contributed by atoms with Crippen LogP contribution in [0.2, 0.25) is 0 Å². The van der Waals surface area contributed by atoms with Gasteiger partial charge in [-0.1, -0.05) is 231 Å². The molecule has 0 aromatic heterocycles. The summed E-state index contributed by atoms with van der Waals surface area (Å²) >= 11 is 0. The molecule has 0 saturated carbocycles. The van der Waals surface area contributed by atoms with Crippen molar-refractivity contribution in [3.8, 4) is 55.6 Å². The van der Waals surface area contributed by atoms with Crippen LogP contribution < -0.4 is 4.90 Å². The first kappa shape index (κ1) is 36.4. The maximum absolute atomic E-state index is 2.59. The molecule has 0 unspecified atom stereocenters. The van der Waals surface area contributed by atoms with Crippen molar-refractivity contribution in [2.75, 3.05) is 4.90 Å². The average molecular weight is 812 g/mol. The first-order valence-electron chi connectivity index (χ1n) is 22.3. The van der Waals surface area contributed by atoms with Gasteiger partial charge in [0.05, 0.1) is 22.5 Å². The second-order valence-electron chi connectivity index (χ2n) is 17.1. The molecule has 0 fully saturated rings. The van der Waals surface area contributed by atoms with E-state index < -0.39 is 5.41 Å². The monoisotopic (exact) mass is 811 g/mol. The van der Waals surface area contributed by atoms with E-state index in [1.54, 1.807) is 0 Å². The Balaban J connectivity index is 1.14. The zero-order valence-electron chi connectivity index (χ0n) is 35.1. The van der Waals surface area contributed by atoms with Crippen molar-refractivity contribution in [3.63, 3.8) is 0 Å². The number of rotatable bonds is 6. The lowest BCUT2D eigenvalue weighted by Gasteiger charge is -2.33. The number of hydrogen-bond acceptors (Lipinski definition) is 1. The highest BCUT2D eigenvalue weighted by Gasteiger charge is 2.52. The van der Waals surface area contributed by atoms with Crippen molar-refractivity contribution in [1.29, 1.82) is 0 Å². The van der Waals surface area contributed by atoms with Gasteiger partial charge in [0.1, 0.15) is 0 Å². The quantitative estimate of drug-likeness (QED) is 0.151. The average Bonchev–Trinajstić information content (AvgIpc) is 3.85. The molecular formula is C63H41N. The van der Waals surface area contributed by atoms with Crippen LogP contribution in [-0.4, -0.2) is 0 Å². The van der Waals surface area contributed by atoms with Gasteiger partial charge in [0.15, 0.2) is 0 Å². The van der Waals surface area contributed by atoms with Crippen LogP contribution in [0.4, 0.5) is 17.1 Å². The van der Waals surface area contributed by atoms with Gasteiger partial charge in [-0.05, 0) is 101 Å². The van der Waals surface area contributed by atoms with Gasteiger partial charge in [0.25, 0.3) is 0 Å². The third kappa shape index (κ3) is 5.19. The van der Waals surface area contributed by atoms with Crippen molar-refractivity contribution in [1.82, 2.24) is 0 Å². The van der Waals surface area contributed by atoms with Gasteiger partial charge in [-0.3, -0.25) is 0 Å². The van der Waals surface area contributed by atoms with Crippen LogP contribution in [0.5, 0.6) is 0 Å². The van der Waals surface area contributed by atoms with E-state index >= 15 is 0 Å². The lowest BCUT2D eigenvalue weighted by atomic mass is 9.70. The maximum atomic E-state index is 2.59. The highest BCUT2D eigenvalue weighted by atomic mass is 15.2. The van der Waals surface area contributed by atoms with Crippen molar-refractivity contribution < 1.29 is 0 Å². The molecule has 13 rings (SSSR count). The number of fused-ring (bicyclic) bond motifs is 13. The normalized spacial score (nSPS) is 12.8. The van der Waals surface area contributed by atoms with Crippen LogP contribution in [0.3, 0.4) is 0 Å². The lowest BCUT2D eigenvalue weighted by molar-refractivity contribution is 0.794. The molecule has 2 aliphatic rings. The van der Waals surface area contributed by atoms with E-state index in [-0.39, 0.29) is 0 Å². The summed E-state index contributed by atoms with van der Waals surface area (Å²) in [6.45, 7) is 0. The molecule has 64 heavy (non-hydrogen) atoms. The molecule has 0 aliphatic heterocycles. The van der Waals surface area contributed by atoms with E-state index in [4.69, 9.17) is 0 Å². The fourth-order valence-electron chi connectivity index (χ4n) is 11.4. The molecule has 2 aliphatic carbocycles. The van der Waals surface area contributed by atoms with Crippen molar-refractivity contribution in [2.45, 2.75) is 5.41 Å². The summed E-state index contributed by atoms with van der Waals surface area (Å²) in [4.78, 5) is 2.59. The highest BCUT2D eigenvalue weighted by Crippen LogP contribution is 2.65. The smallest absolute Gasteiger partial charge is 0.0726 e. The third-order valence-corrected chi connectivity index (χ3v) is 13.9. The van der Waals surface area contributed by atoms with Gasteiger partial charge < -0.3 is 4.90 Å². The van der Waals surface area contributed by atoms with Gasteiger partial charge in [0, 0.05) is 16.5 Å². The molecule has 0 amide bonds. The summed E-state index contributed by atoms with van der Waals surface area (Å²) < 4.78 is 0. The van der Waals surface area contributed by atoms with Crippen molar-refractivity contribution in [2.24, 2.45) is 0 Å². The zero-order chi connectivity index (χ0) is 42.2. The molecule has 1 nitrogen and oxygen atoms in total. The molecule has 1 heteroatoms. The predicted molar refractivity (Wildman–Crippen MR) is 269 cm³/mol. The lowest BCUT2D eigenvalue weighted by Crippen LogP contribution is -2.26. The minimum absolute atomic E-state index is 0.473. The standard InChI is InChI=1S/C63H41N/c1-2-21-42(22-3-1)44-24-6-7-26-46(44)48-28-8-9-29-49(48)52-32-15-19-39-59(52)64(61-41-43-23-4-5-25-45(43)47-27-10-11-33-53(47)61)60-40-20-38-58-62(60)54-34-14-18-37-57(54)63(58)55-35-16-12-30-50(55)51-31-13-17-36-56(51)63/h1-41H. The number of anilines is 3. The molecule has 0 N–H and O–H groups in total. The Bertz CT molecular complexity index is 3590. The van der Waals surface area contributed by atoms with E-state index in [0.717, 1.165) is 22.6 Å². The molecule has 11 aromatic carbocycles. The minimum Gasteiger partial charge on any atom is -0.309 e. The van der Waals surface area contributed by atoms with E-state index in [1.807, 2.05) is 0 Å². The summed E-state index contributed by atoms with van der Waals surface area (Å²) in [6, 6.07) is 92.2. The van der Waals surface area contributed by atoms with Crippen molar-refractivity contribution >= 4 is 38.6 Å². The highest BCUT2D eigenvalue weighted by molar-refractivity contribution is 6.16. The van der Waals surface area contributed by atoms with Gasteiger partial charge >= 0.3 is 0 Å². The first-order chi connectivity index (χ1) is 31.8. The molecule has 0 bridgehead atoms. The largest absolute Gasteiger partial charge is 0.309 e. The van der Waals surface area contributed by atoms with Crippen LogP contribution in [0.15, 0.2) is 249 Å². The zero-order valence-corrected chi connectivity index (χ0v) is 35.1. The number of hydrogen-bond donors (Lipinski definition) is 0. The number of para-hydroxylation sites is 1. The molecule has 0 atom stereocenters. The maximum Gasteiger partial charge on any atom is 0.0726 e. The van der Waals surface area contributed by atoms with Crippen LogP contribution in [0, 0.1) is 0 Å².